The zero-order valence-electron chi connectivity index (χ0n) is 25.7. The van der Waals surface area contributed by atoms with Crippen LogP contribution in [0.25, 0.3) is 5.76 Å². The van der Waals surface area contributed by atoms with Gasteiger partial charge >= 0.3 is 0 Å². The Morgan fingerprint density at radius 1 is 0.800 bits per heavy atom. The summed E-state index contributed by atoms with van der Waals surface area (Å²) < 4.78 is 22.8. The number of aryl methyl sites for hydroxylation is 1. The molecule has 1 fully saturated rings. The van der Waals surface area contributed by atoms with E-state index < -0.39 is 17.7 Å². The molecule has 0 bridgehead atoms. The number of amides is 1. The number of benzene rings is 4. The lowest BCUT2D eigenvalue weighted by Gasteiger charge is -2.26. The molecular weight excluding hydrogens is 570 g/mol. The Bertz CT molecular complexity index is 1660. The smallest absolute Gasteiger partial charge is 0.295 e. The Kier molecular flexibility index (Phi) is 10.2. The average molecular weight is 608 g/mol. The molecule has 45 heavy (non-hydrogen) atoms. The Morgan fingerprint density at radius 2 is 1.53 bits per heavy atom. The number of Topliss-reactive ketones (excluding diaryl/α,β-unsaturated/α-hetero) is 1. The lowest BCUT2D eigenvalue weighted by molar-refractivity contribution is -0.140. The van der Waals surface area contributed by atoms with Gasteiger partial charge in [-0.3, -0.25) is 9.59 Å². The predicted molar refractivity (Wildman–Crippen MR) is 171 cm³/mol. The van der Waals surface area contributed by atoms with E-state index in [1.807, 2.05) is 55.5 Å². The Labute approximate surface area is 263 Å². The fourth-order valence-electron chi connectivity index (χ4n) is 5.38. The Hall–Kier alpha value is -5.08. The van der Waals surface area contributed by atoms with Gasteiger partial charge in [0, 0.05) is 25.8 Å². The third kappa shape index (κ3) is 7.36. The number of methoxy groups -OCH3 is 2. The van der Waals surface area contributed by atoms with Crippen molar-refractivity contribution in [2.45, 2.75) is 32.6 Å². The molecule has 1 N–H and O–H groups in total. The number of rotatable bonds is 13. The molecule has 232 valence electrons. The molecular formula is C37H37NO7. The highest BCUT2D eigenvalue weighted by Gasteiger charge is 2.46. The lowest BCUT2D eigenvalue weighted by atomic mass is 9.95. The molecule has 1 heterocycles. The van der Waals surface area contributed by atoms with Crippen LogP contribution in [0.4, 0.5) is 0 Å². The maximum absolute atomic E-state index is 13.5. The molecule has 0 radical (unpaired) electrons. The van der Waals surface area contributed by atoms with Crippen LogP contribution in [0.3, 0.4) is 0 Å². The van der Waals surface area contributed by atoms with Crippen molar-refractivity contribution in [1.82, 2.24) is 4.90 Å². The van der Waals surface area contributed by atoms with E-state index in [0.29, 0.717) is 54.6 Å². The van der Waals surface area contributed by atoms with E-state index in [1.165, 1.54) is 12.0 Å². The van der Waals surface area contributed by atoms with Crippen molar-refractivity contribution in [1.29, 1.82) is 0 Å². The number of ether oxygens (including phenoxy) is 4. The first-order valence-electron chi connectivity index (χ1n) is 14.8. The van der Waals surface area contributed by atoms with E-state index in [0.717, 1.165) is 16.7 Å². The van der Waals surface area contributed by atoms with Crippen LogP contribution < -0.4 is 14.2 Å². The van der Waals surface area contributed by atoms with E-state index in [2.05, 4.69) is 6.07 Å². The van der Waals surface area contributed by atoms with Crippen LogP contribution in [-0.4, -0.2) is 49.1 Å². The van der Waals surface area contributed by atoms with Crippen molar-refractivity contribution in [2.75, 3.05) is 27.4 Å². The molecule has 1 atom stereocenters. The largest absolute Gasteiger partial charge is 0.507 e. The van der Waals surface area contributed by atoms with Gasteiger partial charge in [-0.2, -0.15) is 0 Å². The maximum Gasteiger partial charge on any atom is 0.295 e. The topological polar surface area (TPSA) is 94.5 Å². The minimum Gasteiger partial charge on any atom is -0.507 e. The summed E-state index contributed by atoms with van der Waals surface area (Å²) in [4.78, 5) is 28.3. The van der Waals surface area contributed by atoms with Crippen molar-refractivity contribution in [3.63, 3.8) is 0 Å². The maximum atomic E-state index is 13.5. The van der Waals surface area contributed by atoms with Gasteiger partial charge in [0.05, 0.1) is 18.7 Å². The minimum absolute atomic E-state index is 0.00542. The summed E-state index contributed by atoms with van der Waals surface area (Å²) in [7, 11) is 3.12. The van der Waals surface area contributed by atoms with E-state index in [1.54, 1.807) is 49.6 Å². The second-order valence-electron chi connectivity index (χ2n) is 10.8. The van der Waals surface area contributed by atoms with Crippen molar-refractivity contribution in [3.05, 3.63) is 130 Å². The van der Waals surface area contributed by atoms with E-state index in [9.17, 15) is 14.7 Å². The highest BCUT2D eigenvalue weighted by atomic mass is 16.5. The number of ketones is 1. The summed E-state index contributed by atoms with van der Waals surface area (Å²) >= 11 is 0. The molecule has 4 aromatic carbocycles. The second kappa shape index (κ2) is 14.6. The number of hydrogen-bond donors (Lipinski definition) is 1. The van der Waals surface area contributed by atoms with Crippen LogP contribution in [0, 0.1) is 6.92 Å². The van der Waals surface area contributed by atoms with Crippen LogP contribution in [0.5, 0.6) is 17.2 Å². The van der Waals surface area contributed by atoms with Crippen LogP contribution in [0.1, 0.15) is 40.3 Å². The number of carbonyl (C=O) groups is 2. The van der Waals surface area contributed by atoms with Gasteiger partial charge < -0.3 is 29.0 Å². The third-order valence-electron chi connectivity index (χ3n) is 7.64. The summed E-state index contributed by atoms with van der Waals surface area (Å²) in [6.45, 7) is 3.44. The van der Waals surface area contributed by atoms with Gasteiger partial charge in [-0.05, 0) is 66.4 Å². The van der Waals surface area contributed by atoms with Crippen molar-refractivity contribution >= 4 is 17.4 Å². The SMILES string of the molecule is COCCCN1C(=O)C(=O)/C(=C(/O)c2ccc(OCc3cccc(C)c3)cc2)C1c1ccc(OCc2ccccc2)c(OC)c1. The first-order valence-corrected chi connectivity index (χ1v) is 14.8. The van der Waals surface area contributed by atoms with Crippen molar-refractivity contribution in [3.8, 4) is 17.2 Å². The Morgan fingerprint density at radius 3 is 2.24 bits per heavy atom. The second-order valence-corrected chi connectivity index (χ2v) is 10.8. The molecule has 1 amide bonds. The van der Waals surface area contributed by atoms with Gasteiger partial charge in [-0.25, -0.2) is 0 Å². The summed E-state index contributed by atoms with van der Waals surface area (Å²) in [6.07, 6.45) is 0.516. The van der Waals surface area contributed by atoms with Crippen LogP contribution in [0.15, 0.2) is 103 Å². The standard InChI is InChI=1S/C37H37NO7/c1-25-9-7-12-27(21-25)24-44-30-16-13-28(14-17-30)35(39)33-34(38(19-8-20-42-2)37(41)36(33)40)29-15-18-31(32(22-29)43-3)45-23-26-10-5-4-6-11-26/h4-7,9-18,21-22,34,39H,8,19-20,23-24H2,1-3H3/b35-33+. The molecule has 8 nitrogen and oxygen atoms in total. The van der Waals surface area contributed by atoms with Crippen LogP contribution in [0.2, 0.25) is 0 Å². The van der Waals surface area contributed by atoms with Crippen LogP contribution >= 0.6 is 0 Å². The monoisotopic (exact) mass is 607 g/mol. The van der Waals surface area contributed by atoms with E-state index in [-0.39, 0.29) is 17.9 Å². The van der Waals surface area contributed by atoms with Crippen molar-refractivity contribution in [2.24, 2.45) is 0 Å². The van der Waals surface area contributed by atoms with E-state index >= 15 is 0 Å². The molecule has 4 aromatic rings. The minimum atomic E-state index is -0.837. The predicted octanol–water partition coefficient (Wildman–Crippen LogP) is 6.62. The number of likely N-dealkylation sites (tertiary alicyclic amines) is 1. The number of nitrogens with zero attached hydrogens (tertiary/aromatic N) is 1. The van der Waals surface area contributed by atoms with Gasteiger partial charge in [0.25, 0.3) is 11.7 Å². The molecule has 0 aromatic heterocycles. The molecule has 0 spiro atoms. The van der Waals surface area contributed by atoms with Crippen molar-refractivity contribution < 1.29 is 33.6 Å². The number of aliphatic hydroxyl groups is 1. The highest BCUT2D eigenvalue weighted by Crippen LogP contribution is 2.42. The molecule has 5 rings (SSSR count). The lowest BCUT2D eigenvalue weighted by Crippen LogP contribution is -2.31. The zero-order chi connectivity index (χ0) is 31.8. The fourth-order valence-corrected chi connectivity index (χ4v) is 5.38. The Balaban J connectivity index is 1.44. The van der Waals surface area contributed by atoms with Gasteiger partial charge in [0.1, 0.15) is 24.7 Å². The third-order valence-corrected chi connectivity index (χ3v) is 7.64. The van der Waals surface area contributed by atoms with E-state index in [4.69, 9.17) is 18.9 Å². The number of aliphatic hydroxyl groups excluding tert-OH is 1. The zero-order valence-corrected chi connectivity index (χ0v) is 25.7. The summed E-state index contributed by atoms with van der Waals surface area (Å²) in [6, 6.07) is 29.1. The fraction of sp³-hybridized carbons (Fsp3) is 0.243. The molecule has 1 saturated heterocycles. The first kappa shape index (κ1) is 31.3. The quantitative estimate of drug-likeness (QED) is 0.0790. The molecule has 0 saturated carbocycles. The molecule has 0 aliphatic carbocycles. The van der Waals surface area contributed by atoms with Gasteiger partial charge in [-0.1, -0.05) is 66.2 Å². The first-order chi connectivity index (χ1) is 21.9. The van der Waals surface area contributed by atoms with Crippen LogP contribution in [-0.2, 0) is 27.5 Å². The van der Waals surface area contributed by atoms with Gasteiger partial charge in [-0.15, -0.1) is 0 Å². The summed E-state index contributed by atoms with van der Waals surface area (Å²) in [5.74, 6) is -0.123. The van der Waals surface area contributed by atoms with Gasteiger partial charge in [0.15, 0.2) is 11.5 Å². The molecule has 1 aliphatic rings. The molecule has 8 heteroatoms. The summed E-state index contributed by atoms with van der Waals surface area (Å²) in [5, 5.41) is 11.5. The average Bonchev–Trinajstić information content (AvgIpc) is 3.32. The number of hydrogen-bond acceptors (Lipinski definition) is 7. The normalized spacial score (nSPS) is 15.7. The number of carbonyl (C=O) groups excluding carboxylic acids is 2. The van der Waals surface area contributed by atoms with Gasteiger partial charge in [0.2, 0.25) is 0 Å². The molecule has 1 aliphatic heterocycles. The summed E-state index contributed by atoms with van der Waals surface area (Å²) in [5.41, 5.74) is 4.20. The highest BCUT2D eigenvalue weighted by molar-refractivity contribution is 6.46. The molecule has 1 unspecified atom stereocenters.